The van der Waals surface area contributed by atoms with Crippen LogP contribution in [-0.4, -0.2) is 77.4 Å². The molecule has 2 aliphatic rings. The van der Waals surface area contributed by atoms with E-state index in [2.05, 4.69) is 10.2 Å². The molecule has 2 fully saturated rings. The van der Waals surface area contributed by atoms with Crippen LogP contribution in [0.3, 0.4) is 0 Å². The Morgan fingerprint density at radius 2 is 1.79 bits per heavy atom. The Bertz CT molecular complexity index is 429. The van der Waals surface area contributed by atoms with Crippen molar-refractivity contribution in [2.45, 2.75) is 63.4 Å². The second-order valence-electron chi connectivity index (χ2n) is 7.55. The van der Waals surface area contributed by atoms with Crippen LogP contribution < -0.4 is 5.32 Å². The molecule has 2 rings (SSSR count). The molecule has 0 spiro atoms. The Balaban J connectivity index is 1.84. The third-order valence-electron chi connectivity index (χ3n) is 4.72. The number of rotatable bonds is 5. The Labute approximate surface area is 141 Å². The summed E-state index contributed by atoms with van der Waals surface area (Å²) in [4.78, 5) is 16.0. The number of hydrogen-bond acceptors (Lipinski definition) is 4. The first-order chi connectivity index (χ1) is 11.1. The molecular formula is C16H28F3N3O2. The molecule has 1 atom stereocenters. The molecule has 0 bridgehead atoms. The van der Waals surface area contributed by atoms with Crippen molar-refractivity contribution < 1.29 is 23.1 Å². The highest BCUT2D eigenvalue weighted by molar-refractivity contribution is 5.82. The van der Waals surface area contributed by atoms with E-state index in [0.29, 0.717) is 25.9 Å². The number of amides is 1. The van der Waals surface area contributed by atoms with Crippen LogP contribution in [0.5, 0.6) is 0 Å². The molecule has 0 radical (unpaired) electrons. The first-order valence-corrected chi connectivity index (χ1v) is 8.60. The standard InChI is InChI=1S/C16H28F3N3O2/c1-15(2,24)10-20-14(23)13-4-3-7-22(13)12-5-8-21(9-6-12)11-16(17,18)19/h12-13,24H,3-11H2,1-2H3,(H,20,23)/t13-/m0/s1. The van der Waals surface area contributed by atoms with Crippen molar-refractivity contribution in [3.8, 4) is 0 Å². The van der Waals surface area contributed by atoms with E-state index >= 15 is 0 Å². The van der Waals surface area contributed by atoms with Gasteiger partial charge in [0.15, 0.2) is 0 Å². The fourth-order valence-corrected chi connectivity index (χ4v) is 3.59. The summed E-state index contributed by atoms with van der Waals surface area (Å²) in [5.74, 6) is -0.0904. The average Bonchev–Trinajstić information content (AvgIpc) is 2.92. The summed E-state index contributed by atoms with van der Waals surface area (Å²) in [7, 11) is 0. The maximum Gasteiger partial charge on any atom is 0.401 e. The molecule has 2 heterocycles. The smallest absolute Gasteiger partial charge is 0.389 e. The number of aliphatic hydroxyl groups is 1. The Kier molecular flexibility index (Phi) is 6.14. The Morgan fingerprint density at radius 3 is 2.33 bits per heavy atom. The fourth-order valence-electron chi connectivity index (χ4n) is 3.59. The second-order valence-corrected chi connectivity index (χ2v) is 7.55. The van der Waals surface area contributed by atoms with Gasteiger partial charge < -0.3 is 10.4 Å². The maximum absolute atomic E-state index is 12.5. The van der Waals surface area contributed by atoms with E-state index in [9.17, 15) is 23.1 Å². The number of carbonyl (C=O) groups is 1. The van der Waals surface area contributed by atoms with Crippen molar-refractivity contribution in [1.82, 2.24) is 15.1 Å². The lowest BCUT2D eigenvalue weighted by atomic mass is 10.0. The molecule has 2 saturated heterocycles. The second kappa shape index (κ2) is 7.58. The first-order valence-electron chi connectivity index (χ1n) is 8.60. The molecule has 140 valence electrons. The van der Waals surface area contributed by atoms with Crippen molar-refractivity contribution in [2.75, 3.05) is 32.7 Å². The predicted molar refractivity (Wildman–Crippen MR) is 84.6 cm³/mol. The van der Waals surface area contributed by atoms with Gasteiger partial charge in [0.05, 0.1) is 18.2 Å². The fraction of sp³-hybridized carbons (Fsp3) is 0.938. The molecule has 0 aromatic carbocycles. The summed E-state index contributed by atoms with van der Waals surface area (Å²) < 4.78 is 37.4. The lowest BCUT2D eigenvalue weighted by Crippen LogP contribution is -2.53. The van der Waals surface area contributed by atoms with Crippen LogP contribution in [0.1, 0.15) is 39.5 Å². The van der Waals surface area contributed by atoms with Gasteiger partial charge in [0.1, 0.15) is 0 Å². The van der Waals surface area contributed by atoms with Gasteiger partial charge in [-0.05, 0) is 59.2 Å². The summed E-state index contributed by atoms with van der Waals surface area (Å²) in [6.07, 6.45) is -1.15. The maximum atomic E-state index is 12.5. The number of likely N-dealkylation sites (tertiary alicyclic amines) is 2. The van der Waals surface area contributed by atoms with E-state index < -0.39 is 18.3 Å². The average molecular weight is 351 g/mol. The highest BCUT2D eigenvalue weighted by Gasteiger charge is 2.38. The van der Waals surface area contributed by atoms with Crippen LogP contribution in [-0.2, 0) is 4.79 Å². The van der Waals surface area contributed by atoms with Crippen LogP contribution in [0, 0.1) is 0 Å². The number of carbonyl (C=O) groups excluding carboxylic acids is 1. The lowest BCUT2D eigenvalue weighted by molar-refractivity contribution is -0.149. The molecule has 8 heteroatoms. The molecular weight excluding hydrogens is 323 g/mol. The Morgan fingerprint density at radius 1 is 1.17 bits per heavy atom. The van der Waals surface area contributed by atoms with E-state index in [1.165, 1.54) is 4.90 Å². The molecule has 0 unspecified atom stereocenters. The van der Waals surface area contributed by atoms with E-state index in [1.54, 1.807) is 13.8 Å². The number of halogens is 3. The summed E-state index contributed by atoms with van der Waals surface area (Å²) in [6.45, 7) is 4.25. The minimum absolute atomic E-state index is 0.0904. The molecule has 0 aromatic rings. The molecule has 2 aliphatic heterocycles. The molecule has 5 nitrogen and oxygen atoms in total. The summed E-state index contributed by atoms with van der Waals surface area (Å²) in [6, 6.07) is -0.0682. The number of hydrogen-bond donors (Lipinski definition) is 2. The van der Waals surface area contributed by atoms with Crippen LogP contribution in [0.15, 0.2) is 0 Å². The van der Waals surface area contributed by atoms with Gasteiger partial charge in [0.25, 0.3) is 0 Å². The molecule has 0 aromatic heterocycles. The number of nitrogens with zero attached hydrogens (tertiary/aromatic N) is 2. The van der Waals surface area contributed by atoms with Gasteiger partial charge in [-0.25, -0.2) is 0 Å². The third-order valence-corrected chi connectivity index (χ3v) is 4.72. The van der Waals surface area contributed by atoms with Crippen LogP contribution in [0.2, 0.25) is 0 Å². The molecule has 2 N–H and O–H groups in total. The normalized spacial score (nSPS) is 25.2. The first kappa shape index (κ1) is 19.5. The largest absolute Gasteiger partial charge is 0.401 e. The number of nitrogens with one attached hydrogen (secondary N) is 1. The topological polar surface area (TPSA) is 55.8 Å². The van der Waals surface area contributed by atoms with Crippen LogP contribution >= 0.6 is 0 Å². The quantitative estimate of drug-likeness (QED) is 0.785. The van der Waals surface area contributed by atoms with Gasteiger partial charge in [-0.1, -0.05) is 0 Å². The number of alkyl halides is 3. The van der Waals surface area contributed by atoms with Crippen LogP contribution in [0.25, 0.3) is 0 Å². The highest BCUT2D eigenvalue weighted by Crippen LogP contribution is 2.27. The molecule has 0 aliphatic carbocycles. The van der Waals surface area contributed by atoms with Gasteiger partial charge in [0, 0.05) is 12.6 Å². The summed E-state index contributed by atoms with van der Waals surface area (Å²) in [5, 5.41) is 12.5. The van der Waals surface area contributed by atoms with Gasteiger partial charge in [-0.3, -0.25) is 14.6 Å². The highest BCUT2D eigenvalue weighted by atomic mass is 19.4. The van der Waals surface area contributed by atoms with E-state index in [0.717, 1.165) is 19.4 Å². The van der Waals surface area contributed by atoms with Crippen molar-refractivity contribution in [1.29, 1.82) is 0 Å². The van der Waals surface area contributed by atoms with Crippen molar-refractivity contribution in [3.63, 3.8) is 0 Å². The van der Waals surface area contributed by atoms with Crippen molar-refractivity contribution in [3.05, 3.63) is 0 Å². The van der Waals surface area contributed by atoms with E-state index in [-0.39, 0.29) is 24.5 Å². The SMILES string of the molecule is CC(C)(O)CNC(=O)[C@@H]1CCCN1C1CCN(CC(F)(F)F)CC1. The van der Waals surface area contributed by atoms with Crippen molar-refractivity contribution in [2.24, 2.45) is 0 Å². The van der Waals surface area contributed by atoms with Gasteiger partial charge >= 0.3 is 6.18 Å². The monoisotopic (exact) mass is 351 g/mol. The van der Waals surface area contributed by atoms with Gasteiger partial charge in [-0.2, -0.15) is 13.2 Å². The molecule has 24 heavy (non-hydrogen) atoms. The van der Waals surface area contributed by atoms with E-state index in [4.69, 9.17) is 0 Å². The zero-order valence-corrected chi connectivity index (χ0v) is 14.4. The zero-order chi connectivity index (χ0) is 18.0. The number of piperidine rings is 1. The zero-order valence-electron chi connectivity index (χ0n) is 14.4. The molecule has 1 amide bonds. The van der Waals surface area contributed by atoms with Gasteiger partial charge in [-0.15, -0.1) is 0 Å². The molecule has 0 saturated carbocycles. The summed E-state index contributed by atoms with van der Waals surface area (Å²) >= 11 is 0. The minimum Gasteiger partial charge on any atom is -0.389 e. The van der Waals surface area contributed by atoms with Gasteiger partial charge in [0.2, 0.25) is 5.91 Å². The summed E-state index contributed by atoms with van der Waals surface area (Å²) in [5.41, 5.74) is -0.956. The van der Waals surface area contributed by atoms with Crippen LogP contribution in [0.4, 0.5) is 13.2 Å². The van der Waals surface area contributed by atoms with Crippen molar-refractivity contribution >= 4 is 5.91 Å². The third kappa shape index (κ3) is 5.89. The Hall–Kier alpha value is -0.860. The minimum atomic E-state index is -4.15. The predicted octanol–water partition coefficient (Wildman–Crippen LogP) is 1.36. The lowest BCUT2D eigenvalue weighted by Gasteiger charge is -2.39. The van der Waals surface area contributed by atoms with E-state index in [1.807, 2.05) is 0 Å².